The molecule has 0 spiro atoms. The Morgan fingerprint density at radius 1 is 0.920 bits per heavy atom. The molecule has 1 heterocycles. The first-order valence-electron chi connectivity index (χ1n) is 16.4. The average Bonchev–Trinajstić information content (AvgIpc) is 3.63. The summed E-state index contributed by atoms with van der Waals surface area (Å²) in [6.45, 7) is 22.8. The van der Waals surface area contributed by atoms with Gasteiger partial charge in [0.15, 0.2) is 0 Å². The first-order chi connectivity index (χ1) is 23.6. The van der Waals surface area contributed by atoms with Crippen LogP contribution in [0.15, 0.2) is 53.5 Å². The quantitative estimate of drug-likeness (QED) is 0.0976. The number of benzene rings is 1. The van der Waals surface area contributed by atoms with Crippen LogP contribution in [0, 0.1) is 59.9 Å². The zero-order chi connectivity index (χ0) is 37.6. The molecule has 0 aliphatic heterocycles. The Morgan fingerprint density at radius 2 is 1.46 bits per heavy atom. The van der Waals surface area contributed by atoms with Gasteiger partial charge < -0.3 is 4.74 Å². The second-order valence-corrected chi connectivity index (χ2v) is 23.7. The number of allylic oxidation sites excluding steroid dienone is 1. The maximum absolute atomic E-state index is 12.5. The average molecular weight is 944 g/mol. The fourth-order valence-electron chi connectivity index (χ4n) is 6.24. The van der Waals surface area contributed by atoms with Crippen LogP contribution in [0.2, 0.25) is 13.1 Å². The Balaban J connectivity index is 0.00000135. The van der Waals surface area contributed by atoms with Gasteiger partial charge in [0, 0.05) is 6.08 Å². The Morgan fingerprint density at radius 3 is 2.00 bits per heavy atom. The van der Waals surface area contributed by atoms with E-state index in [0.29, 0.717) is 24.0 Å². The van der Waals surface area contributed by atoms with E-state index in [4.69, 9.17) is 45.8 Å². The zero-order valence-electron chi connectivity index (χ0n) is 30.5. The van der Waals surface area contributed by atoms with Gasteiger partial charge in [-0.1, -0.05) is 98.8 Å². The van der Waals surface area contributed by atoms with E-state index in [-0.39, 0.29) is 28.5 Å². The first-order valence-corrected chi connectivity index (χ1v) is 29.7. The second kappa shape index (κ2) is 23.2. The Kier molecular flexibility index (Phi) is 21.5. The van der Waals surface area contributed by atoms with E-state index in [9.17, 15) is 4.79 Å². The van der Waals surface area contributed by atoms with Crippen molar-refractivity contribution in [3.63, 3.8) is 0 Å². The summed E-state index contributed by atoms with van der Waals surface area (Å²) in [4.78, 5) is 22.0. The Labute approximate surface area is 339 Å². The number of para-hydroxylation sites is 1. The van der Waals surface area contributed by atoms with E-state index in [1.54, 1.807) is 11.8 Å². The number of halogens is 4. The predicted octanol–water partition coefficient (Wildman–Crippen LogP) is 12.3. The van der Waals surface area contributed by atoms with Crippen LogP contribution in [0.5, 0.6) is 0 Å². The van der Waals surface area contributed by atoms with Gasteiger partial charge in [-0.3, -0.25) is 4.99 Å². The molecule has 0 bridgehead atoms. The van der Waals surface area contributed by atoms with E-state index >= 15 is 0 Å². The number of esters is 1. The fraction of sp³-hybridized carbons (Fsp3) is 0.359. The molecule has 2 fully saturated rings. The molecular formula is C39H48Cl4N2O2PdSiZr+2. The van der Waals surface area contributed by atoms with Crippen LogP contribution >= 0.6 is 36.1 Å². The van der Waals surface area contributed by atoms with Gasteiger partial charge in [-0.2, -0.15) is 0 Å². The molecule has 11 heteroatoms. The van der Waals surface area contributed by atoms with Gasteiger partial charge in [0.05, 0.1) is 31.4 Å². The Hall–Kier alpha value is 0.172. The van der Waals surface area contributed by atoms with Crippen LogP contribution in [0.3, 0.4) is 0 Å². The van der Waals surface area contributed by atoms with Gasteiger partial charge >= 0.3 is 78.8 Å². The molecule has 2 aliphatic carbocycles. The summed E-state index contributed by atoms with van der Waals surface area (Å²) in [5.74, 6) is 7.34. The number of rotatable bonds is 11. The standard InChI is InChI=1S/C39H48N2O2Si.4ClH.Pd.Zr/c1-25(2)35-17-13-18-36(26(3)4)38(35)40-23-32-15-12-16-33(41-32)24-43-37(42)19-11-14-31-20-21-34(22-31)44(9,10)39-29(7)27(5)28(6)30(39)8;;;;;;/h11-13,15-23,25-26H,14,24H2,1-10H3;4*1H;;/q;;;;;+2;+4/p-4/b19-11+,40-23?;;;;;;. The minimum absolute atomic E-state index is 0.106. The summed E-state index contributed by atoms with van der Waals surface area (Å²) in [6, 6.07) is 12.1. The second-order valence-electron chi connectivity index (χ2n) is 13.2. The molecule has 1 aromatic heterocycles. The number of pyridine rings is 1. The summed E-state index contributed by atoms with van der Waals surface area (Å²) in [5, 5.41) is 0. The van der Waals surface area contributed by atoms with Crippen LogP contribution in [-0.4, -0.2) is 25.2 Å². The molecule has 0 saturated heterocycles. The predicted molar refractivity (Wildman–Crippen MR) is 209 cm³/mol. The molecule has 1 aromatic carbocycles. The van der Waals surface area contributed by atoms with Gasteiger partial charge in [0.25, 0.3) is 0 Å². The molecule has 0 unspecified atom stereocenters. The summed E-state index contributed by atoms with van der Waals surface area (Å²) in [6.07, 6.45) is 12.7. The maximum atomic E-state index is 12.5. The van der Waals surface area contributed by atoms with Crippen molar-refractivity contribution in [3.8, 4) is 0 Å². The van der Waals surface area contributed by atoms with E-state index in [1.165, 1.54) is 52.3 Å². The first kappa shape index (κ1) is 46.3. The van der Waals surface area contributed by atoms with E-state index in [2.05, 4.69) is 111 Å². The molecule has 2 aromatic rings. The van der Waals surface area contributed by atoms with Crippen molar-refractivity contribution < 1.29 is 46.3 Å². The van der Waals surface area contributed by atoms with Crippen molar-refractivity contribution in [1.82, 2.24) is 4.98 Å². The minimum atomic E-state index is -1.82. The number of hydrogen-bond donors (Lipinski definition) is 0. The van der Waals surface area contributed by atoms with Crippen LogP contribution in [0.25, 0.3) is 0 Å². The number of nitrogens with zero attached hydrogens (tertiary/aromatic N) is 2. The molecule has 50 heavy (non-hydrogen) atoms. The number of carbonyl (C=O) groups is 1. The third-order valence-corrected chi connectivity index (χ3v) is 12.8. The zero-order valence-corrected chi connectivity index (χ0v) is 38.6. The molecule has 2 aliphatic rings. The van der Waals surface area contributed by atoms with Gasteiger partial charge in [-0.05, 0) is 101 Å². The molecule has 2 saturated carbocycles. The van der Waals surface area contributed by atoms with Crippen molar-refractivity contribution in [2.45, 2.75) is 93.3 Å². The van der Waals surface area contributed by atoms with Crippen molar-refractivity contribution >= 4 is 62.0 Å². The molecule has 4 rings (SSSR count). The molecular weight excluding hydrogens is 896 g/mol. The summed E-state index contributed by atoms with van der Waals surface area (Å²) >= 11 is -0.931. The van der Waals surface area contributed by atoms with Crippen LogP contribution in [0.4, 0.5) is 5.69 Å². The molecule has 4 nitrogen and oxygen atoms in total. The van der Waals surface area contributed by atoms with Gasteiger partial charge in [-0.25, -0.2) is 9.78 Å². The number of aromatic nitrogens is 1. The van der Waals surface area contributed by atoms with Crippen LogP contribution in [-0.2, 0) is 52.9 Å². The topological polar surface area (TPSA) is 51.5 Å². The van der Waals surface area contributed by atoms with Crippen molar-refractivity contribution in [2.75, 3.05) is 0 Å². The monoisotopic (exact) mass is 940 g/mol. The molecule has 0 amide bonds. The van der Waals surface area contributed by atoms with E-state index in [1.807, 2.05) is 24.3 Å². The van der Waals surface area contributed by atoms with Crippen molar-refractivity contribution in [1.29, 1.82) is 0 Å². The van der Waals surface area contributed by atoms with Gasteiger partial charge in [0.1, 0.15) is 6.61 Å². The normalized spacial score (nSPS) is 17.5. The van der Waals surface area contributed by atoms with Gasteiger partial charge in [0.2, 0.25) is 0 Å². The molecule has 0 N–H and O–H groups in total. The van der Waals surface area contributed by atoms with E-state index in [0.717, 1.165) is 11.4 Å². The SMILES string of the molecule is C[C]1[C](C)[C](C)[C]([Si](C)(C)[C]2[CH][CH][C](C/C=C/C(=O)OCc3cccc(C=Nc4c(C(C)C)cccc4C(C)C)n3)[CH]2)[C]1C.[Cl][Pd][Cl].[Cl][Zr+2][Cl]. The number of carbonyl (C=O) groups excluding carboxylic acids is 1. The van der Waals surface area contributed by atoms with E-state index < -0.39 is 28.9 Å². The Bertz CT molecular complexity index is 1350. The summed E-state index contributed by atoms with van der Waals surface area (Å²) in [7, 11) is 17.7. The summed E-state index contributed by atoms with van der Waals surface area (Å²) in [5.41, 5.74) is 7.89. The molecule has 270 valence electrons. The fourth-order valence-corrected chi connectivity index (χ4v) is 9.82. The molecule has 0 atom stereocenters. The van der Waals surface area contributed by atoms with Gasteiger partial charge in [-0.15, -0.1) is 0 Å². The third-order valence-electron chi connectivity index (χ3n) is 9.07. The number of aliphatic imine (C=N–C) groups is 1. The van der Waals surface area contributed by atoms with Crippen molar-refractivity contribution in [2.24, 2.45) is 4.99 Å². The van der Waals surface area contributed by atoms with Crippen molar-refractivity contribution in [3.05, 3.63) is 131 Å². The third kappa shape index (κ3) is 13.5. The molecule has 10 radical (unpaired) electrons. The van der Waals surface area contributed by atoms with Crippen LogP contribution < -0.4 is 0 Å². The number of hydrogen-bond acceptors (Lipinski definition) is 4. The van der Waals surface area contributed by atoms with Crippen LogP contribution in [0.1, 0.15) is 96.2 Å². The number of ether oxygens (including phenoxy) is 1. The summed E-state index contributed by atoms with van der Waals surface area (Å²) < 4.78 is 5.52.